The standard InChI is InChI=1S/C14H13ClN2OS/c1-17-10-3-2-8(6-9(10)7-13(17)18)14(16)11-4-5-12(15)19-11/h2-6,14H,7,16H2,1H3. The summed E-state index contributed by atoms with van der Waals surface area (Å²) >= 11 is 7.42. The minimum atomic E-state index is -0.191. The molecule has 3 nitrogen and oxygen atoms in total. The summed E-state index contributed by atoms with van der Waals surface area (Å²) in [4.78, 5) is 14.4. The number of carbonyl (C=O) groups excluding carboxylic acids is 1. The number of likely N-dealkylation sites (N-methyl/N-ethyl adjacent to an activating group) is 1. The number of nitrogens with two attached hydrogens (primary N) is 1. The Bertz CT molecular complexity index is 653. The molecule has 98 valence electrons. The van der Waals surface area contributed by atoms with Gasteiger partial charge in [0.2, 0.25) is 5.91 Å². The van der Waals surface area contributed by atoms with Crippen LogP contribution in [-0.4, -0.2) is 13.0 Å². The number of carbonyl (C=O) groups is 1. The molecule has 1 aromatic carbocycles. The smallest absolute Gasteiger partial charge is 0.231 e. The molecule has 0 saturated carbocycles. The third-order valence-corrected chi connectivity index (χ3v) is 4.75. The fourth-order valence-corrected chi connectivity index (χ4v) is 3.43. The molecule has 1 unspecified atom stereocenters. The third-order valence-electron chi connectivity index (χ3n) is 3.44. The van der Waals surface area contributed by atoms with Crippen LogP contribution in [0.15, 0.2) is 30.3 Å². The second-order valence-corrected chi connectivity index (χ2v) is 6.38. The third kappa shape index (κ3) is 2.16. The molecule has 5 heteroatoms. The fourth-order valence-electron chi connectivity index (χ4n) is 2.34. The summed E-state index contributed by atoms with van der Waals surface area (Å²) in [6.07, 6.45) is 0.456. The number of thiophene rings is 1. The Morgan fingerprint density at radius 3 is 2.84 bits per heavy atom. The number of hydrogen-bond donors (Lipinski definition) is 1. The van der Waals surface area contributed by atoms with E-state index in [0.29, 0.717) is 6.42 Å². The molecule has 3 rings (SSSR count). The zero-order chi connectivity index (χ0) is 13.6. The molecule has 0 fully saturated rings. The fraction of sp³-hybridized carbons (Fsp3) is 0.214. The Morgan fingerprint density at radius 2 is 2.16 bits per heavy atom. The summed E-state index contributed by atoms with van der Waals surface area (Å²) in [6.45, 7) is 0. The van der Waals surface area contributed by atoms with Crippen molar-refractivity contribution >= 4 is 34.5 Å². The van der Waals surface area contributed by atoms with Gasteiger partial charge < -0.3 is 10.6 Å². The molecular formula is C14H13ClN2OS. The summed E-state index contributed by atoms with van der Waals surface area (Å²) < 4.78 is 0.738. The first kappa shape index (κ1) is 12.7. The highest BCUT2D eigenvalue weighted by molar-refractivity contribution is 7.16. The number of rotatable bonds is 2. The number of nitrogens with zero attached hydrogens (tertiary/aromatic N) is 1. The number of fused-ring (bicyclic) bond motifs is 1. The number of hydrogen-bond acceptors (Lipinski definition) is 3. The lowest BCUT2D eigenvalue weighted by atomic mass is 10.0. The predicted octanol–water partition coefficient (Wildman–Crippen LogP) is 2.97. The monoisotopic (exact) mass is 292 g/mol. The Balaban J connectivity index is 1.95. The van der Waals surface area contributed by atoms with Gasteiger partial charge in [0.1, 0.15) is 0 Å². The lowest BCUT2D eigenvalue weighted by Gasteiger charge is -2.13. The largest absolute Gasteiger partial charge is 0.320 e. The van der Waals surface area contributed by atoms with Crippen LogP contribution < -0.4 is 10.6 Å². The first-order chi connectivity index (χ1) is 9.06. The molecule has 0 spiro atoms. The van der Waals surface area contributed by atoms with Gasteiger partial charge in [0.15, 0.2) is 0 Å². The minimum Gasteiger partial charge on any atom is -0.320 e. The molecule has 2 N–H and O–H groups in total. The van der Waals surface area contributed by atoms with Crippen LogP contribution >= 0.6 is 22.9 Å². The van der Waals surface area contributed by atoms with E-state index < -0.39 is 0 Å². The summed E-state index contributed by atoms with van der Waals surface area (Å²) in [6, 6.07) is 9.57. The quantitative estimate of drug-likeness (QED) is 0.925. The first-order valence-electron chi connectivity index (χ1n) is 5.96. The van der Waals surface area contributed by atoms with Crippen LogP contribution in [0.4, 0.5) is 5.69 Å². The highest BCUT2D eigenvalue weighted by atomic mass is 35.5. The zero-order valence-corrected chi connectivity index (χ0v) is 12.0. The zero-order valence-electron chi connectivity index (χ0n) is 10.4. The van der Waals surface area contributed by atoms with Crippen LogP contribution in [0.3, 0.4) is 0 Å². The van der Waals surface area contributed by atoms with Crippen LogP contribution in [-0.2, 0) is 11.2 Å². The molecular weight excluding hydrogens is 280 g/mol. The Labute approximate surface area is 120 Å². The molecule has 1 amide bonds. The normalized spacial score (nSPS) is 15.7. The van der Waals surface area contributed by atoms with Gasteiger partial charge in [-0.1, -0.05) is 23.7 Å². The van der Waals surface area contributed by atoms with Crippen molar-refractivity contribution in [1.29, 1.82) is 0 Å². The summed E-state index contributed by atoms with van der Waals surface area (Å²) in [7, 11) is 1.80. The molecule has 19 heavy (non-hydrogen) atoms. The van der Waals surface area contributed by atoms with E-state index in [1.54, 1.807) is 11.9 Å². The molecule has 1 aromatic heterocycles. The maximum Gasteiger partial charge on any atom is 0.231 e. The molecule has 2 heterocycles. The highest BCUT2D eigenvalue weighted by Crippen LogP contribution is 2.33. The van der Waals surface area contributed by atoms with Crippen LogP contribution in [0, 0.1) is 0 Å². The van der Waals surface area contributed by atoms with E-state index in [2.05, 4.69) is 0 Å². The first-order valence-corrected chi connectivity index (χ1v) is 7.16. The Morgan fingerprint density at radius 1 is 1.37 bits per heavy atom. The number of anilines is 1. The Kier molecular flexibility index (Phi) is 3.09. The minimum absolute atomic E-state index is 0.125. The van der Waals surface area contributed by atoms with Gasteiger partial charge in [0, 0.05) is 17.6 Å². The van der Waals surface area contributed by atoms with Crippen LogP contribution in [0.25, 0.3) is 0 Å². The molecule has 1 atom stereocenters. The van der Waals surface area contributed by atoms with E-state index in [4.69, 9.17) is 17.3 Å². The number of benzene rings is 1. The summed E-state index contributed by atoms with van der Waals surface area (Å²) in [5, 5.41) is 0. The molecule has 0 saturated heterocycles. The van der Waals surface area contributed by atoms with Gasteiger partial charge in [-0.3, -0.25) is 4.79 Å². The van der Waals surface area contributed by atoms with Crippen LogP contribution in [0.1, 0.15) is 22.0 Å². The van der Waals surface area contributed by atoms with E-state index in [9.17, 15) is 4.79 Å². The van der Waals surface area contributed by atoms with Crippen molar-refractivity contribution in [3.8, 4) is 0 Å². The molecule has 1 aliphatic rings. The maximum absolute atomic E-state index is 11.7. The van der Waals surface area contributed by atoms with Crippen molar-refractivity contribution in [2.45, 2.75) is 12.5 Å². The maximum atomic E-state index is 11.7. The van der Waals surface area contributed by atoms with E-state index in [1.165, 1.54) is 11.3 Å². The van der Waals surface area contributed by atoms with E-state index in [0.717, 1.165) is 26.0 Å². The van der Waals surface area contributed by atoms with Crippen molar-refractivity contribution in [3.63, 3.8) is 0 Å². The van der Waals surface area contributed by atoms with Gasteiger partial charge in [0.25, 0.3) is 0 Å². The van der Waals surface area contributed by atoms with Crippen molar-refractivity contribution in [1.82, 2.24) is 0 Å². The Hall–Kier alpha value is -1.36. The second kappa shape index (κ2) is 4.63. The van der Waals surface area contributed by atoms with Gasteiger partial charge in [0.05, 0.1) is 16.8 Å². The van der Waals surface area contributed by atoms with Crippen molar-refractivity contribution in [2.24, 2.45) is 5.73 Å². The molecule has 0 radical (unpaired) electrons. The van der Waals surface area contributed by atoms with E-state index in [1.807, 2.05) is 30.3 Å². The van der Waals surface area contributed by atoms with Gasteiger partial charge in [-0.2, -0.15) is 0 Å². The van der Waals surface area contributed by atoms with Crippen molar-refractivity contribution < 1.29 is 4.79 Å². The topological polar surface area (TPSA) is 46.3 Å². The summed E-state index contributed by atoms with van der Waals surface area (Å²) in [5.74, 6) is 0.125. The lowest BCUT2D eigenvalue weighted by molar-refractivity contribution is -0.117. The molecule has 1 aliphatic heterocycles. The number of amides is 1. The van der Waals surface area contributed by atoms with Crippen LogP contribution in [0.2, 0.25) is 4.34 Å². The molecule has 0 aliphatic carbocycles. The van der Waals surface area contributed by atoms with Gasteiger partial charge in [-0.05, 0) is 29.3 Å². The van der Waals surface area contributed by atoms with Crippen molar-refractivity contribution in [3.05, 3.63) is 50.7 Å². The highest BCUT2D eigenvalue weighted by Gasteiger charge is 2.25. The van der Waals surface area contributed by atoms with E-state index in [-0.39, 0.29) is 11.9 Å². The van der Waals surface area contributed by atoms with Gasteiger partial charge in [-0.15, -0.1) is 11.3 Å². The van der Waals surface area contributed by atoms with Gasteiger partial charge >= 0.3 is 0 Å². The lowest BCUT2D eigenvalue weighted by Crippen LogP contribution is -2.20. The second-order valence-electron chi connectivity index (χ2n) is 4.64. The predicted molar refractivity (Wildman–Crippen MR) is 78.9 cm³/mol. The van der Waals surface area contributed by atoms with Crippen molar-refractivity contribution in [2.75, 3.05) is 11.9 Å². The molecule has 0 bridgehead atoms. The SMILES string of the molecule is CN1C(=O)Cc2cc(C(N)c3ccc(Cl)s3)ccc21. The summed E-state index contributed by atoms with van der Waals surface area (Å²) in [5.41, 5.74) is 9.28. The van der Waals surface area contributed by atoms with Crippen LogP contribution in [0.5, 0.6) is 0 Å². The van der Waals surface area contributed by atoms with E-state index >= 15 is 0 Å². The molecule has 2 aromatic rings. The number of halogens is 1. The average Bonchev–Trinajstić information content (AvgIpc) is 2.94. The average molecular weight is 293 g/mol. The van der Waals surface area contributed by atoms with Gasteiger partial charge in [-0.25, -0.2) is 0 Å².